The van der Waals surface area contributed by atoms with Crippen LogP contribution in [0, 0.1) is 10.6 Å². The molecule has 3 rings (SSSR count). The first-order valence-electron chi connectivity index (χ1n) is 6.36. The highest BCUT2D eigenvalue weighted by Crippen LogP contribution is 2.30. The number of rotatable bonds is 2. The Morgan fingerprint density at radius 1 is 1.45 bits per heavy atom. The summed E-state index contributed by atoms with van der Waals surface area (Å²) < 4.78 is 20.3. The molecule has 4 N–H and O–H groups in total. The number of halogens is 1. The van der Waals surface area contributed by atoms with Crippen molar-refractivity contribution in [1.29, 1.82) is 0 Å². The van der Waals surface area contributed by atoms with E-state index in [1.165, 1.54) is 10.8 Å². The maximum Gasteiger partial charge on any atom is 0.252 e. The van der Waals surface area contributed by atoms with Crippen LogP contribution in [0.2, 0.25) is 0 Å². The van der Waals surface area contributed by atoms with Crippen molar-refractivity contribution in [3.63, 3.8) is 0 Å². The minimum absolute atomic E-state index is 0.0223. The van der Waals surface area contributed by atoms with Crippen molar-refractivity contribution >= 4 is 23.3 Å². The van der Waals surface area contributed by atoms with Crippen molar-refractivity contribution in [2.45, 2.75) is 24.5 Å². The van der Waals surface area contributed by atoms with E-state index in [1.807, 2.05) is 0 Å². The van der Waals surface area contributed by atoms with Gasteiger partial charge in [-0.15, -0.1) is 0 Å². The predicted octanol–water partition coefficient (Wildman–Crippen LogP) is -0.795. The fourth-order valence-electron chi connectivity index (χ4n) is 2.38. The monoisotopic (exact) mass is 329 g/mol. The Morgan fingerprint density at radius 3 is 2.82 bits per heavy atom. The van der Waals surface area contributed by atoms with E-state index in [4.69, 9.17) is 22.1 Å². The molecule has 0 spiro atoms. The first-order valence-corrected chi connectivity index (χ1v) is 6.77. The summed E-state index contributed by atoms with van der Waals surface area (Å²) in [6.45, 7) is -0.495. The maximum absolute atomic E-state index is 13.9. The van der Waals surface area contributed by atoms with Gasteiger partial charge in [0, 0.05) is 12.3 Å². The number of aromatic nitrogens is 3. The van der Waals surface area contributed by atoms with Gasteiger partial charge in [-0.1, -0.05) is 0 Å². The van der Waals surface area contributed by atoms with Crippen LogP contribution in [0.5, 0.6) is 0 Å². The number of aromatic amines is 1. The third kappa shape index (κ3) is 2.34. The van der Waals surface area contributed by atoms with Crippen molar-refractivity contribution in [3.05, 3.63) is 33.2 Å². The molecule has 3 heterocycles. The van der Waals surface area contributed by atoms with Crippen LogP contribution < -0.4 is 5.56 Å². The fourth-order valence-corrected chi connectivity index (χ4v) is 2.62. The zero-order chi connectivity index (χ0) is 16.0. The van der Waals surface area contributed by atoms with Crippen molar-refractivity contribution in [1.82, 2.24) is 14.5 Å². The Morgan fingerprint density at radius 2 is 2.18 bits per heavy atom. The standard InChI is InChI=1S/C12H12FN3O5S/c13-5-1-7(18)14-10-4(5)2-16(12(22)15-10)11-9(20)8(19)6(3-17)21-11/h1-2,6,8-9,11,17,19-20H,3H2,(H,14,15,18,22). The molecule has 0 saturated carbocycles. The van der Waals surface area contributed by atoms with Crippen LogP contribution >= 0.6 is 12.2 Å². The van der Waals surface area contributed by atoms with Gasteiger partial charge in [0.15, 0.2) is 6.23 Å². The molecule has 0 aliphatic carbocycles. The smallest absolute Gasteiger partial charge is 0.252 e. The number of H-pyrrole nitrogens is 1. The predicted molar refractivity (Wildman–Crippen MR) is 74.2 cm³/mol. The summed E-state index contributed by atoms with van der Waals surface area (Å²) in [5.74, 6) is -0.804. The minimum Gasteiger partial charge on any atom is -0.394 e. The molecule has 10 heteroatoms. The fraction of sp³-hybridized carbons (Fsp3) is 0.417. The van der Waals surface area contributed by atoms with Crippen molar-refractivity contribution in [2.75, 3.05) is 6.61 Å². The first-order chi connectivity index (χ1) is 10.4. The number of aliphatic hydroxyl groups is 3. The molecule has 0 aromatic carbocycles. The van der Waals surface area contributed by atoms with Gasteiger partial charge in [-0.3, -0.25) is 9.36 Å². The molecule has 22 heavy (non-hydrogen) atoms. The SMILES string of the molecule is O=c1cc(F)c2cn(C3OC(CO)C(O)C3O)c(=S)nc2[nH]1. The number of nitrogens with one attached hydrogen (secondary N) is 1. The summed E-state index contributed by atoms with van der Waals surface area (Å²) in [5, 5.41) is 28.8. The maximum atomic E-state index is 13.9. The van der Waals surface area contributed by atoms with Gasteiger partial charge in [0.25, 0.3) is 5.56 Å². The molecule has 2 aromatic heterocycles. The second kappa shape index (κ2) is 5.48. The number of aliphatic hydroxyl groups excluding tert-OH is 3. The zero-order valence-electron chi connectivity index (χ0n) is 11.0. The molecule has 0 bridgehead atoms. The van der Waals surface area contributed by atoms with Crippen LogP contribution in [-0.4, -0.2) is 54.8 Å². The molecular weight excluding hydrogens is 317 g/mol. The molecular formula is C12H12FN3O5S. The summed E-state index contributed by atoms with van der Waals surface area (Å²) >= 11 is 5.04. The van der Waals surface area contributed by atoms with Gasteiger partial charge in [-0.05, 0) is 12.2 Å². The highest BCUT2D eigenvalue weighted by molar-refractivity contribution is 7.71. The van der Waals surface area contributed by atoms with Crippen LogP contribution in [0.3, 0.4) is 0 Å². The van der Waals surface area contributed by atoms with E-state index in [0.29, 0.717) is 0 Å². The average molecular weight is 329 g/mol. The van der Waals surface area contributed by atoms with Crippen molar-refractivity contribution < 1.29 is 24.4 Å². The largest absolute Gasteiger partial charge is 0.394 e. The lowest BCUT2D eigenvalue weighted by Gasteiger charge is -2.18. The number of fused-ring (bicyclic) bond motifs is 1. The van der Waals surface area contributed by atoms with Crippen LogP contribution in [0.25, 0.3) is 11.0 Å². The number of ether oxygens (including phenoxy) is 1. The molecule has 1 saturated heterocycles. The number of hydrogen-bond donors (Lipinski definition) is 4. The molecule has 1 fully saturated rings. The highest BCUT2D eigenvalue weighted by atomic mass is 32.1. The third-order valence-corrected chi connectivity index (χ3v) is 3.80. The van der Waals surface area contributed by atoms with E-state index in [1.54, 1.807) is 0 Å². The van der Waals surface area contributed by atoms with Gasteiger partial charge in [0.1, 0.15) is 29.8 Å². The second-order valence-corrected chi connectivity index (χ2v) is 5.27. The topological polar surface area (TPSA) is 121 Å². The second-order valence-electron chi connectivity index (χ2n) is 4.90. The third-order valence-electron chi connectivity index (χ3n) is 3.50. The molecule has 118 valence electrons. The van der Waals surface area contributed by atoms with E-state index in [0.717, 1.165) is 6.07 Å². The lowest BCUT2D eigenvalue weighted by molar-refractivity contribution is -0.0539. The summed E-state index contributed by atoms with van der Waals surface area (Å²) in [6, 6.07) is 0.759. The molecule has 1 aliphatic rings. The quantitative estimate of drug-likeness (QED) is 0.533. The molecule has 0 radical (unpaired) electrons. The van der Waals surface area contributed by atoms with E-state index in [-0.39, 0.29) is 15.8 Å². The van der Waals surface area contributed by atoms with Gasteiger partial charge in [-0.25, -0.2) is 9.37 Å². The molecule has 8 nitrogen and oxygen atoms in total. The first kappa shape index (κ1) is 15.2. The van der Waals surface area contributed by atoms with Crippen molar-refractivity contribution in [2.24, 2.45) is 0 Å². The Bertz CT molecular complexity index is 838. The lowest BCUT2D eigenvalue weighted by atomic mass is 10.1. The normalized spacial score (nSPS) is 28.4. The molecule has 4 unspecified atom stereocenters. The van der Waals surface area contributed by atoms with Crippen molar-refractivity contribution in [3.8, 4) is 0 Å². The Kier molecular flexibility index (Phi) is 3.78. The van der Waals surface area contributed by atoms with E-state index < -0.39 is 42.5 Å². The summed E-state index contributed by atoms with van der Waals surface area (Å²) in [7, 11) is 0. The zero-order valence-corrected chi connectivity index (χ0v) is 11.8. The summed E-state index contributed by atoms with van der Waals surface area (Å²) in [5.41, 5.74) is -0.685. The number of hydrogen-bond acceptors (Lipinski definition) is 7. The van der Waals surface area contributed by atoms with E-state index in [9.17, 15) is 19.4 Å². The van der Waals surface area contributed by atoms with Crippen LogP contribution in [0.1, 0.15) is 6.23 Å². The average Bonchev–Trinajstić information content (AvgIpc) is 2.74. The van der Waals surface area contributed by atoms with Gasteiger partial charge in [0.2, 0.25) is 4.77 Å². The molecule has 1 aliphatic heterocycles. The lowest BCUT2D eigenvalue weighted by Crippen LogP contribution is -2.33. The van der Waals surface area contributed by atoms with Gasteiger partial charge in [0.05, 0.1) is 12.0 Å². The van der Waals surface area contributed by atoms with E-state index >= 15 is 0 Å². The molecule has 0 amide bonds. The summed E-state index contributed by atoms with van der Waals surface area (Å²) in [6.07, 6.45) is -3.56. The molecule has 2 aromatic rings. The highest BCUT2D eigenvalue weighted by Gasteiger charge is 2.43. The van der Waals surface area contributed by atoms with Gasteiger partial charge < -0.3 is 25.0 Å². The van der Waals surface area contributed by atoms with Gasteiger partial charge in [-0.2, -0.15) is 0 Å². The Hall–Kier alpha value is -1.72. The minimum atomic E-state index is -1.37. The number of nitrogens with zero attached hydrogens (tertiary/aromatic N) is 2. The van der Waals surface area contributed by atoms with Crippen LogP contribution in [0.4, 0.5) is 4.39 Å². The van der Waals surface area contributed by atoms with E-state index in [2.05, 4.69) is 9.97 Å². The Balaban J connectivity index is 2.14. The van der Waals surface area contributed by atoms with Crippen LogP contribution in [0.15, 0.2) is 17.1 Å². The number of pyridine rings is 1. The summed E-state index contributed by atoms with van der Waals surface area (Å²) in [4.78, 5) is 17.5. The molecule has 4 atom stereocenters. The van der Waals surface area contributed by atoms with Gasteiger partial charge >= 0.3 is 0 Å². The Labute approximate surface area is 127 Å². The van der Waals surface area contributed by atoms with Crippen LogP contribution in [-0.2, 0) is 4.74 Å².